The molecule has 17 N–H and O–H groups in total. The molecule has 0 aromatic carbocycles. The molecule has 0 heterocycles. The second kappa shape index (κ2) is 26.7. The number of nitrogens with two attached hydrogens (primary N) is 3. The summed E-state index contributed by atoms with van der Waals surface area (Å²) in [6.45, 7) is 5.31. The highest BCUT2D eigenvalue weighted by molar-refractivity contribution is 5.98. The number of guanidine groups is 1. The quantitative estimate of drug-likeness (QED) is 0.0191. The average molecular weight is 847 g/mol. The number of carbonyl (C=O) groups is 10. The Kier molecular flexibility index (Phi) is 24.0. The summed E-state index contributed by atoms with van der Waals surface area (Å²) >= 11 is 0. The molecule has 0 saturated carbocycles. The SMILES string of the molecule is CC(C)C[C@H](NC(=O)[C@H](CCC(=O)O)NC(=O)[C@H](CCC(=O)O)NC(=O)[C@H](CO)NC(=O)[C@@H](NC(=O)[C@H](CC(=O)O)NC(=O)[C@@H](N)CCCN=C(N)N)C(C)C)C(=O)O. The van der Waals surface area contributed by atoms with Gasteiger partial charge in [0, 0.05) is 19.4 Å². The Morgan fingerprint density at radius 2 is 1.00 bits per heavy atom. The maximum Gasteiger partial charge on any atom is 0.326 e. The van der Waals surface area contributed by atoms with Crippen LogP contribution in [0.5, 0.6) is 0 Å². The smallest absolute Gasteiger partial charge is 0.326 e. The van der Waals surface area contributed by atoms with Gasteiger partial charge in [-0.1, -0.05) is 27.7 Å². The zero-order chi connectivity index (χ0) is 45.6. The van der Waals surface area contributed by atoms with Crippen LogP contribution in [0.1, 0.15) is 79.1 Å². The standard InChI is InChI=1S/C34H58N10O15/c1-15(2)12-21(33(58)59)42-29(54)19(8-10-24(48)49)39-28(53)18(7-9-23(46)47)40-31(56)22(14-45)43-32(57)26(16(3)4)44-30(55)20(13-25(50)51)41-27(52)17(35)6-5-11-38-34(36)37/h15-22,26,45H,5-14,35H2,1-4H3,(H,39,53)(H,40,56)(H,41,52)(H,42,54)(H,43,57)(H,44,55)(H,46,47)(H,48,49)(H,50,51)(H,58,59)(H4,36,37,38)/t17-,18-,19-,20-,21-,22-,26-/m0/s1. The number of aliphatic imine (C=N–C) groups is 1. The number of aliphatic carboxylic acids is 4. The topological polar surface area (TPSA) is 434 Å². The lowest BCUT2D eigenvalue weighted by Crippen LogP contribution is -2.61. The molecule has 59 heavy (non-hydrogen) atoms. The third-order valence-electron chi connectivity index (χ3n) is 8.26. The molecule has 0 spiro atoms. The Morgan fingerprint density at radius 1 is 0.559 bits per heavy atom. The third kappa shape index (κ3) is 21.8. The normalized spacial score (nSPS) is 14.5. The summed E-state index contributed by atoms with van der Waals surface area (Å²) in [5.74, 6) is -13.5. The molecule has 0 fully saturated rings. The van der Waals surface area contributed by atoms with E-state index in [1.807, 2.05) is 0 Å². The third-order valence-corrected chi connectivity index (χ3v) is 8.26. The van der Waals surface area contributed by atoms with E-state index in [1.165, 1.54) is 13.8 Å². The fourth-order valence-electron chi connectivity index (χ4n) is 5.14. The zero-order valence-corrected chi connectivity index (χ0v) is 33.3. The van der Waals surface area contributed by atoms with E-state index in [2.05, 4.69) is 36.9 Å². The second-order valence-electron chi connectivity index (χ2n) is 14.2. The van der Waals surface area contributed by atoms with Crippen molar-refractivity contribution in [2.24, 2.45) is 34.0 Å². The number of carboxylic acids is 4. The van der Waals surface area contributed by atoms with Crippen molar-refractivity contribution < 1.29 is 73.5 Å². The van der Waals surface area contributed by atoms with Crippen LogP contribution in [0.25, 0.3) is 0 Å². The predicted molar refractivity (Wildman–Crippen MR) is 204 cm³/mol. The van der Waals surface area contributed by atoms with E-state index in [1.54, 1.807) is 13.8 Å². The molecule has 334 valence electrons. The molecule has 0 saturated heterocycles. The maximum absolute atomic E-state index is 13.4. The Morgan fingerprint density at radius 3 is 1.41 bits per heavy atom. The first-order chi connectivity index (χ1) is 27.4. The predicted octanol–water partition coefficient (Wildman–Crippen LogP) is -4.74. The van der Waals surface area contributed by atoms with Crippen LogP contribution in [0, 0.1) is 11.8 Å². The van der Waals surface area contributed by atoms with E-state index in [0.717, 1.165) is 0 Å². The van der Waals surface area contributed by atoms with Gasteiger partial charge in [0.15, 0.2) is 5.96 Å². The van der Waals surface area contributed by atoms with E-state index in [0.29, 0.717) is 0 Å². The molecular weight excluding hydrogens is 788 g/mol. The Balaban J connectivity index is 6.13. The summed E-state index contributed by atoms with van der Waals surface area (Å²) in [6.07, 6.45) is -3.18. The summed E-state index contributed by atoms with van der Waals surface area (Å²) in [4.78, 5) is 129. The van der Waals surface area contributed by atoms with Crippen molar-refractivity contribution in [3.05, 3.63) is 0 Å². The molecule has 0 radical (unpaired) electrons. The molecule has 0 aromatic rings. The van der Waals surface area contributed by atoms with Crippen LogP contribution >= 0.6 is 0 Å². The molecule has 0 aliphatic heterocycles. The minimum Gasteiger partial charge on any atom is -0.481 e. The van der Waals surface area contributed by atoms with E-state index in [9.17, 15) is 73.5 Å². The number of nitrogens with one attached hydrogen (secondary N) is 6. The zero-order valence-electron chi connectivity index (χ0n) is 33.3. The van der Waals surface area contributed by atoms with Crippen LogP contribution in [0.4, 0.5) is 0 Å². The number of hydrogen-bond acceptors (Lipinski definition) is 13. The fourth-order valence-corrected chi connectivity index (χ4v) is 5.14. The van der Waals surface area contributed by atoms with Crippen LogP contribution in [-0.2, 0) is 47.9 Å². The highest BCUT2D eigenvalue weighted by atomic mass is 16.4. The Labute approximate surface area is 339 Å². The van der Waals surface area contributed by atoms with Gasteiger partial charge in [0.25, 0.3) is 0 Å². The van der Waals surface area contributed by atoms with Crippen molar-refractivity contribution in [2.45, 2.75) is 121 Å². The van der Waals surface area contributed by atoms with Gasteiger partial charge in [-0.05, 0) is 43.9 Å². The number of nitrogens with zero attached hydrogens (tertiary/aromatic N) is 1. The first kappa shape index (κ1) is 52.9. The summed E-state index contributed by atoms with van der Waals surface area (Å²) in [6, 6.07) is -11.1. The van der Waals surface area contributed by atoms with Crippen LogP contribution in [-0.4, -0.2) is 146 Å². The van der Waals surface area contributed by atoms with Gasteiger partial charge in [-0.15, -0.1) is 0 Å². The molecule has 25 heteroatoms. The maximum atomic E-state index is 13.4. The van der Waals surface area contributed by atoms with Gasteiger partial charge in [0.05, 0.1) is 19.1 Å². The minimum absolute atomic E-state index is 0.0224. The van der Waals surface area contributed by atoms with Gasteiger partial charge >= 0.3 is 23.9 Å². The highest BCUT2D eigenvalue weighted by Crippen LogP contribution is 2.09. The lowest BCUT2D eigenvalue weighted by Gasteiger charge is -2.28. The lowest BCUT2D eigenvalue weighted by molar-refractivity contribution is -0.143. The monoisotopic (exact) mass is 846 g/mol. The molecule has 0 unspecified atom stereocenters. The van der Waals surface area contributed by atoms with Crippen molar-refractivity contribution in [3.8, 4) is 0 Å². The van der Waals surface area contributed by atoms with E-state index >= 15 is 0 Å². The number of carbonyl (C=O) groups excluding carboxylic acids is 6. The number of aliphatic hydroxyl groups excluding tert-OH is 1. The van der Waals surface area contributed by atoms with E-state index in [-0.39, 0.29) is 37.7 Å². The van der Waals surface area contributed by atoms with Crippen LogP contribution in [0.3, 0.4) is 0 Å². The van der Waals surface area contributed by atoms with Gasteiger partial charge < -0.3 is 74.6 Å². The van der Waals surface area contributed by atoms with Crippen LogP contribution < -0.4 is 49.1 Å². The minimum atomic E-state index is -1.86. The van der Waals surface area contributed by atoms with Crippen molar-refractivity contribution in [1.82, 2.24) is 31.9 Å². The summed E-state index contributed by atoms with van der Waals surface area (Å²) in [7, 11) is 0. The van der Waals surface area contributed by atoms with Gasteiger partial charge in [0.2, 0.25) is 35.4 Å². The molecular formula is C34H58N10O15. The van der Waals surface area contributed by atoms with Crippen molar-refractivity contribution in [3.63, 3.8) is 0 Å². The highest BCUT2D eigenvalue weighted by Gasteiger charge is 2.35. The first-order valence-corrected chi connectivity index (χ1v) is 18.5. The number of carboxylic acid groups (broad SMARTS) is 4. The van der Waals surface area contributed by atoms with Gasteiger partial charge in [0.1, 0.15) is 36.3 Å². The van der Waals surface area contributed by atoms with Crippen LogP contribution in [0.2, 0.25) is 0 Å². The number of hydrogen-bond donors (Lipinski definition) is 14. The molecule has 6 amide bonds. The molecule has 7 atom stereocenters. The van der Waals surface area contributed by atoms with Crippen LogP contribution in [0.15, 0.2) is 4.99 Å². The summed E-state index contributed by atoms with van der Waals surface area (Å²) in [5.41, 5.74) is 16.4. The number of amides is 6. The largest absolute Gasteiger partial charge is 0.481 e. The first-order valence-electron chi connectivity index (χ1n) is 18.5. The van der Waals surface area contributed by atoms with Crippen molar-refractivity contribution >= 4 is 65.3 Å². The van der Waals surface area contributed by atoms with Crippen molar-refractivity contribution in [2.75, 3.05) is 13.2 Å². The average Bonchev–Trinajstić information content (AvgIpc) is 3.12. The molecule has 0 aromatic heterocycles. The summed E-state index contributed by atoms with van der Waals surface area (Å²) in [5, 5.41) is 60.7. The van der Waals surface area contributed by atoms with Gasteiger partial charge in [-0.3, -0.25) is 48.1 Å². The molecule has 0 aliphatic carbocycles. The van der Waals surface area contributed by atoms with Gasteiger partial charge in [-0.2, -0.15) is 0 Å². The fraction of sp³-hybridized carbons (Fsp3) is 0.676. The van der Waals surface area contributed by atoms with Gasteiger partial charge in [-0.25, -0.2) is 4.79 Å². The Bertz CT molecular complexity index is 1540. The number of aliphatic hydroxyl groups is 1. The lowest BCUT2D eigenvalue weighted by atomic mass is 10.0. The Hall–Kier alpha value is -6.11. The molecule has 0 bridgehead atoms. The van der Waals surface area contributed by atoms with Crippen molar-refractivity contribution in [1.29, 1.82) is 0 Å². The molecule has 0 rings (SSSR count). The molecule has 0 aliphatic rings. The van der Waals surface area contributed by atoms with E-state index < -0.39 is 146 Å². The number of rotatable bonds is 29. The molecule has 25 nitrogen and oxygen atoms in total. The summed E-state index contributed by atoms with van der Waals surface area (Å²) < 4.78 is 0. The second-order valence-corrected chi connectivity index (χ2v) is 14.2. The van der Waals surface area contributed by atoms with E-state index in [4.69, 9.17) is 17.2 Å².